The number of hydrogen-bond acceptors (Lipinski definition) is 6. The van der Waals surface area contributed by atoms with Crippen molar-refractivity contribution in [3.63, 3.8) is 0 Å². The van der Waals surface area contributed by atoms with Crippen LogP contribution in [0, 0.1) is 10.1 Å². The highest BCUT2D eigenvalue weighted by molar-refractivity contribution is 6.42. The number of fused-ring (bicyclic) bond motifs is 1. The van der Waals surface area contributed by atoms with E-state index in [1.54, 1.807) is 23.1 Å². The van der Waals surface area contributed by atoms with E-state index in [0.29, 0.717) is 22.3 Å². The summed E-state index contributed by atoms with van der Waals surface area (Å²) in [4.78, 5) is 41.4. The number of nitrogens with zero attached hydrogens (tertiary/aromatic N) is 4. The van der Waals surface area contributed by atoms with Crippen molar-refractivity contribution in [1.82, 2.24) is 9.80 Å². The molecular formula is C22H24Cl2N4O5. The summed E-state index contributed by atoms with van der Waals surface area (Å²) in [5, 5.41) is 12.0. The van der Waals surface area contributed by atoms with Gasteiger partial charge in [0, 0.05) is 25.2 Å². The van der Waals surface area contributed by atoms with Gasteiger partial charge in [0.2, 0.25) is 5.91 Å². The molecule has 11 heteroatoms. The van der Waals surface area contributed by atoms with Gasteiger partial charge in [-0.15, -0.1) is 0 Å². The number of amides is 2. The van der Waals surface area contributed by atoms with E-state index in [1.165, 1.54) is 23.1 Å². The Hall–Kier alpha value is -2.88. The lowest BCUT2D eigenvalue weighted by molar-refractivity contribution is -0.384. The summed E-state index contributed by atoms with van der Waals surface area (Å²) in [6.07, 6.45) is 0.721. The Morgan fingerprint density at radius 2 is 1.91 bits per heavy atom. The number of rotatable bonds is 9. The molecule has 1 aliphatic rings. The van der Waals surface area contributed by atoms with Crippen molar-refractivity contribution in [2.75, 3.05) is 45.2 Å². The van der Waals surface area contributed by atoms with Gasteiger partial charge in [0.05, 0.1) is 20.7 Å². The molecule has 0 aromatic heterocycles. The van der Waals surface area contributed by atoms with Crippen molar-refractivity contribution in [2.24, 2.45) is 0 Å². The van der Waals surface area contributed by atoms with Crippen LogP contribution < -0.4 is 9.64 Å². The Balaban J connectivity index is 1.83. The van der Waals surface area contributed by atoms with Crippen molar-refractivity contribution >= 4 is 46.4 Å². The fraction of sp³-hybridized carbons (Fsp3) is 0.364. The quantitative estimate of drug-likeness (QED) is 0.390. The smallest absolute Gasteiger partial charge is 0.271 e. The van der Waals surface area contributed by atoms with Gasteiger partial charge in [-0.2, -0.15) is 0 Å². The topological polar surface area (TPSA) is 96.2 Å². The van der Waals surface area contributed by atoms with Crippen LogP contribution >= 0.6 is 23.2 Å². The molecule has 0 fully saturated rings. The minimum Gasteiger partial charge on any atom is -0.482 e. The van der Waals surface area contributed by atoms with E-state index in [2.05, 4.69) is 0 Å². The van der Waals surface area contributed by atoms with Gasteiger partial charge in [-0.05, 0) is 50.8 Å². The summed E-state index contributed by atoms with van der Waals surface area (Å²) in [7, 11) is 3.89. The van der Waals surface area contributed by atoms with Gasteiger partial charge >= 0.3 is 0 Å². The molecule has 0 atom stereocenters. The van der Waals surface area contributed by atoms with Gasteiger partial charge in [0.25, 0.3) is 11.6 Å². The summed E-state index contributed by atoms with van der Waals surface area (Å²) in [6, 6.07) is 9.14. The van der Waals surface area contributed by atoms with E-state index < -0.39 is 10.8 Å². The average molecular weight is 495 g/mol. The molecule has 33 heavy (non-hydrogen) atoms. The molecule has 176 valence electrons. The molecule has 0 saturated carbocycles. The molecule has 0 radical (unpaired) electrons. The molecule has 0 spiro atoms. The van der Waals surface area contributed by atoms with Gasteiger partial charge in [0.1, 0.15) is 12.3 Å². The number of hydrogen-bond donors (Lipinski definition) is 0. The van der Waals surface area contributed by atoms with E-state index in [4.69, 9.17) is 27.9 Å². The lowest BCUT2D eigenvalue weighted by Gasteiger charge is -2.31. The average Bonchev–Trinajstić information content (AvgIpc) is 2.76. The van der Waals surface area contributed by atoms with Gasteiger partial charge in [0.15, 0.2) is 6.61 Å². The molecule has 0 aliphatic carbocycles. The van der Waals surface area contributed by atoms with Crippen LogP contribution in [0.2, 0.25) is 10.0 Å². The van der Waals surface area contributed by atoms with E-state index in [9.17, 15) is 19.7 Å². The largest absolute Gasteiger partial charge is 0.482 e. The molecular weight excluding hydrogens is 471 g/mol. The molecule has 0 N–H and O–H groups in total. The number of carbonyl (C=O) groups excluding carboxylic acids is 2. The Morgan fingerprint density at radius 3 is 2.58 bits per heavy atom. The van der Waals surface area contributed by atoms with Crippen molar-refractivity contribution < 1.29 is 19.2 Å². The molecule has 1 heterocycles. The van der Waals surface area contributed by atoms with Crippen LogP contribution in [-0.2, 0) is 16.1 Å². The number of non-ortho nitro benzene ring substituents is 1. The lowest BCUT2D eigenvalue weighted by Crippen LogP contribution is -2.46. The number of halogens is 2. The van der Waals surface area contributed by atoms with Crippen molar-refractivity contribution in [3.8, 4) is 5.75 Å². The maximum atomic E-state index is 13.3. The predicted molar refractivity (Wildman–Crippen MR) is 126 cm³/mol. The predicted octanol–water partition coefficient (Wildman–Crippen LogP) is 3.61. The van der Waals surface area contributed by atoms with Crippen molar-refractivity contribution in [2.45, 2.75) is 13.0 Å². The second kappa shape index (κ2) is 10.8. The lowest BCUT2D eigenvalue weighted by atomic mass is 10.2. The minimum atomic E-state index is -0.558. The number of anilines is 1. The summed E-state index contributed by atoms with van der Waals surface area (Å²) in [5.74, 6) is -0.427. The Morgan fingerprint density at radius 1 is 1.15 bits per heavy atom. The first-order valence-electron chi connectivity index (χ1n) is 10.2. The van der Waals surface area contributed by atoms with Crippen molar-refractivity contribution in [3.05, 3.63) is 62.1 Å². The van der Waals surface area contributed by atoms with Gasteiger partial charge < -0.3 is 14.5 Å². The number of benzene rings is 2. The third-order valence-corrected chi connectivity index (χ3v) is 5.87. The summed E-state index contributed by atoms with van der Waals surface area (Å²) in [6.45, 7) is 1.00. The van der Waals surface area contributed by atoms with Crippen LogP contribution in [0.15, 0.2) is 36.4 Å². The Kier molecular flexibility index (Phi) is 8.12. The Bertz CT molecular complexity index is 1060. The second-order valence-corrected chi connectivity index (χ2v) is 8.71. The number of ether oxygens (including phenoxy) is 1. The van der Waals surface area contributed by atoms with E-state index >= 15 is 0 Å². The molecule has 2 aromatic rings. The monoisotopic (exact) mass is 494 g/mol. The van der Waals surface area contributed by atoms with Gasteiger partial charge in [-0.25, -0.2) is 0 Å². The molecule has 1 aliphatic heterocycles. The standard InChI is InChI=1S/C22H24Cl2N4O5/c1-25(2)8-3-9-26(12-15-4-6-17(23)18(24)10-15)21(29)13-27-19-11-16(28(31)32)5-7-20(19)33-14-22(27)30/h4-7,10-11H,3,8-9,12-14H2,1-2H3. The van der Waals surface area contributed by atoms with E-state index in [-0.39, 0.29) is 37.0 Å². The Labute approximate surface area is 201 Å². The first-order chi connectivity index (χ1) is 15.7. The molecule has 3 rings (SSSR count). The number of nitro groups is 1. The van der Waals surface area contributed by atoms with Crippen LogP contribution in [0.1, 0.15) is 12.0 Å². The summed E-state index contributed by atoms with van der Waals surface area (Å²) in [5.41, 5.74) is 0.812. The zero-order valence-electron chi connectivity index (χ0n) is 18.3. The third-order valence-electron chi connectivity index (χ3n) is 5.13. The van der Waals surface area contributed by atoms with Gasteiger partial charge in [-0.3, -0.25) is 24.6 Å². The van der Waals surface area contributed by atoms with E-state index in [0.717, 1.165) is 18.5 Å². The summed E-state index contributed by atoms with van der Waals surface area (Å²) >= 11 is 12.1. The highest BCUT2D eigenvalue weighted by Gasteiger charge is 2.30. The molecule has 2 amide bonds. The zero-order valence-corrected chi connectivity index (χ0v) is 19.8. The highest BCUT2D eigenvalue weighted by atomic mass is 35.5. The zero-order chi connectivity index (χ0) is 24.1. The van der Waals surface area contributed by atoms with Gasteiger partial charge in [-0.1, -0.05) is 29.3 Å². The molecule has 0 bridgehead atoms. The number of carbonyl (C=O) groups is 2. The molecule has 9 nitrogen and oxygen atoms in total. The maximum absolute atomic E-state index is 13.3. The van der Waals surface area contributed by atoms with Crippen LogP contribution in [0.3, 0.4) is 0 Å². The third kappa shape index (κ3) is 6.34. The first kappa shape index (κ1) is 24.8. The summed E-state index contributed by atoms with van der Waals surface area (Å²) < 4.78 is 5.38. The molecule has 0 unspecified atom stereocenters. The van der Waals surface area contributed by atoms with Crippen LogP contribution in [0.25, 0.3) is 0 Å². The molecule has 0 saturated heterocycles. The SMILES string of the molecule is CN(C)CCCN(Cc1ccc(Cl)c(Cl)c1)C(=O)CN1C(=O)COc2ccc([N+](=O)[O-])cc21. The normalized spacial score (nSPS) is 13.0. The minimum absolute atomic E-state index is 0.192. The maximum Gasteiger partial charge on any atom is 0.271 e. The fourth-order valence-electron chi connectivity index (χ4n) is 3.44. The molecule has 2 aromatic carbocycles. The van der Waals surface area contributed by atoms with E-state index in [1.807, 2.05) is 19.0 Å². The van der Waals surface area contributed by atoms with Crippen LogP contribution in [0.4, 0.5) is 11.4 Å². The first-order valence-corrected chi connectivity index (χ1v) is 11.0. The fourth-order valence-corrected chi connectivity index (χ4v) is 3.76. The highest BCUT2D eigenvalue weighted by Crippen LogP contribution is 2.35. The van der Waals surface area contributed by atoms with Crippen molar-refractivity contribution in [1.29, 1.82) is 0 Å². The van der Waals surface area contributed by atoms with Crippen LogP contribution in [-0.4, -0.2) is 66.9 Å². The second-order valence-electron chi connectivity index (χ2n) is 7.90. The van der Waals surface area contributed by atoms with Crippen LogP contribution in [0.5, 0.6) is 5.75 Å². The number of nitro benzene ring substituents is 1.